The van der Waals surface area contributed by atoms with Crippen LogP contribution in [0.1, 0.15) is 27.6 Å². The smallest absolute Gasteiger partial charge is 0.159 e. The molecule has 14 heavy (non-hydrogen) atoms. The molecule has 0 aliphatic rings. The standard InChI is InChI=1S/C10H9BrO3/c1-6(13)7-3-8(5-12)10(14-2)9(11)4-7/h3-5H,1-2H3. The number of aldehydes is 1. The van der Waals surface area contributed by atoms with Crippen LogP contribution >= 0.6 is 15.9 Å². The molecule has 0 radical (unpaired) electrons. The van der Waals surface area contributed by atoms with E-state index >= 15 is 0 Å². The second kappa shape index (κ2) is 4.37. The van der Waals surface area contributed by atoms with E-state index in [2.05, 4.69) is 15.9 Å². The van der Waals surface area contributed by atoms with E-state index < -0.39 is 0 Å². The van der Waals surface area contributed by atoms with E-state index in [9.17, 15) is 9.59 Å². The van der Waals surface area contributed by atoms with Gasteiger partial charge in [-0.05, 0) is 35.0 Å². The molecule has 1 aromatic rings. The normalized spacial score (nSPS) is 9.64. The summed E-state index contributed by atoms with van der Waals surface area (Å²) in [7, 11) is 1.47. The fraction of sp³-hybridized carbons (Fsp3) is 0.200. The van der Waals surface area contributed by atoms with Crippen molar-refractivity contribution in [3.63, 3.8) is 0 Å². The molecule has 0 fully saturated rings. The molecule has 74 valence electrons. The Bertz CT molecular complexity index is 385. The highest BCUT2D eigenvalue weighted by atomic mass is 79.9. The van der Waals surface area contributed by atoms with Crippen LogP contribution in [0.5, 0.6) is 5.75 Å². The van der Waals surface area contributed by atoms with E-state index in [0.717, 1.165) is 0 Å². The Kier molecular flexibility index (Phi) is 3.41. The Morgan fingerprint density at radius 3 is 2.57 bits per heavy atom. The number of Topliss-reactive ketones (excluding diaryl/α,β-unsaturated/α-hetero) is 1. The van der Waals surface area contributed by atoms with Gasteiger partial charge in [0.05, 0.1) is 17.1 Å². The molecule has 0 N–H and O–H groups in total. The van der Waals surface area contributed by atoms with Gasteiger partial charge in [0.25, 0.3) is 0 Å². The van der Waals surface area contributed by atoms with Gasteiger partial charge in [0.2, 0.25) is 0 Å². The van der Waals surface area contributed by atoms with Gasteiger partial charge in [0, 0.05) is 5.56 Å². The quantitative estimate of drug-likeness (QED) is 0.617. The number of carbonyl (C=O) groups is 2. The summed E-state index contributed by atoms with van der Waals surface area (Å²) in [5.41, 5.74) is 0.854. The van der Waals surface area contributed by atoms with Crippen molar-refractivity contribution in [2.45, 2.75) is 6.92 Å². The lowest BCUT2D eigenvalue weighted by molar-refractivity contribution is 0.101. The maximum absolute atomic E-state index is 11.1. The minimum Gasteiger partial charge on any atom is -0.495 e. The molecule has 3 nitrogen and oxygen atoms in total. The SMILES string of the molecule is COc1c(Br)cc(C(C)=O)cc1C=O. The molecule has 0 atom stereocenters. The first kappa shape index (κ1) is 10.9. The molecule has 1 rings (SSSR count). The van der Waals surface area contributed by atoms with E-state index in [1.165, 1.54) is 20.1 Å². The van der Waals surface area contributed by atoms with Gasteiger partial charge in [0.1, 0.15) is 5.75 Å². The van der Waals surface area contributed by atoms with Gasteiger partial charge in [-0.1, -0.05) is 0 Å². The fourth-order valence-electron chi connectivity index (χ4n) is 1.12. The van der Waals surface area contributed by atoms with Crippen LogP contribution in [0.4, 0.5) is 0 Å². The molecular formula is C10H9BrO3. The molecule has 4 heteroatoms. The third-order valence-corrected chi connectivity index (χ3v) is 2.40. The molecule has 1 aromatic carbocycles. The Hall–Kier alpha value is -1.16. The molecule has 0 unspecified atom stereocenters. The van der Waals surface area contributed by atoms with Crippen molar-refractivity contribution in [1.29, 1.82) is 0 Å². The van der Waals surface area contributed by atoms with Crippen LogP contribution in [0.25, 0.3) is 0 Å². The third-order valence-electron chi connectivity index (χ3n) is 1.81. The lowest BCUT2D eigenvalue weighted by Crippen LogP contribution is -1.98. The minimum atomic E-state index is -0.0866. The van der Waals surface area contributed by atoms with Crippen molar-refractivity contribution in [1.82, 2.24) is 0 Å². The number of ether oxygens (including phenoxy) is 1. The maximum atomic E-state index is 11.1. The highest BCUT2D eigenvalue weighted by molar-refractivity contribution is 9.10. The van der Waals surface area contributed by atoms with Crippen LogP contribution in [0, 0.1) is 0 Å². The van der Waals surface area contributed by atoms with E-state index in [1.807, 2.05) is 0 Å². The molecular weight excluding hydrogens is 248 g/mol. The third kappa shape index (κ3) is 2.01. The van der Waals surface area contributed by atoms with Crippen LogP contribution in [-0.2, 0) is 0 Å². The van der Waals surface area contributed by atoms with E-state index in [4.69, 9.17) is 4.74 Å². The Balaban J connectivity index is 3.38. The largest absolute Gasteiger partial charge is 0.495 e. The zero-order valence-corrected chi connectivity index (χ0v) is 9.42. The number of benzene rings is 1. The number of rotatable bonds is 3. The zero-order chi connectivity index (χ0) is 10.7. The van der Waals surface area contributed by atoms with Crippen molar-refractivity contribution in [2.24, 2.45) is 0 Å². The number of hydrogen-bond acceptors (Lipinski definition) is 3. The number of methoxy groups -OCH3 is 1. The van der Waals surface area contributed by atoms with Gasteiger partial charge in [-0.3, -0.25) is 9.59 Å². The molecule has 0 heterocycles. The van der Waals surface area contributed by atoms with Gasteiger partial charge in [-0.15, -0.1) is 0 Å². The summed E-state index contributed by atoms with van der Waals surface area (Å²) < 4.78 is 5.62. The average molecular weight is 257 g/mol. The second-order valence-electron chi connectivity index (χ2n) is 2.75. The topological polar surface area (TPSA) is 43.4 Å². The van der Waals surface area contributed by atoms with Crippen LogP contribution < -0.4 is 4.74 Å². The van der Waals surface area contributed by atoms with Crippen molar-refractivity contribution < 1.29 is 14.3 Å². The molecule has 0 amide bonds. The van der Waals surface area contributed by atoms with Crippen LogP contribution in [0.3, 0.4) is 0 Å². The Morgan fingerprint density at radius 2 is 2.14 bits per heavy atom. The molecule has 0 saturated carbocycles. The first-order chi connectivity index (χ1) is 6.60. The Labute approximate surface area is 90.2 Å². The Morgan fingerprint density at radius 1 is 1.50 bits per heavy atom. The van der Waals surface area contributed by atoms with Gasteiger partial charge in [-0.25, -0.2) is 0 Å². The summed E-state index contributed by atoms with van der Waals surface area (Å²) >= 11 is 3.23. The van der Waals surface area contributed by atoms with E-state index in [0.29, 0.717) is 27.6 Å². The summed E-state index contributed by atoms with van der Waals surface area (Å²) in [6, 6.07) is 3.15. The summed E-state index contributed by atoms with van der Waals surface area (Å²) in [5.74, 6) is 0.362. The van der Waals surface area contributed by atoms with Crippen molar-refractivity contribution in [3.05, 3.63) is 27.7 Å². The average Bonchev–Trinajstić information content (AvgIpc) is 2.16. The highest BCUT2D eigenvalue weighted by Crippen LogP contribution is 2.29. The van der Waals surface area contributed by atoms with Crippen molar-refractivity contribution >= 4 is 28.0 Å². The van der Waals surface area contributed by atoms with Gasteiger partial charge in [0.15, 0.2) is 12.1 Å². The predicted octanol–water partition coefficient (Wildman–Crippen LogP) is 2.47. The molecule has 0 aromatic heterocycles. The van der Waals surface area contributed by atoms with Gasteiger partial charge >= 0.3 is 0 Å². The van der Waals surface area contributed by atoms with Crippen LogP contribution in [0.15, 0.2) is 16.6 Å². The maximum Gasteiger partial charge on any atom is 0.159 e. The summed E-state index contributed by atoms with van der Waals surface area (Å²) in [6.07, 6.45) is 0.663. The summed E-state index contributed by atoms with van der Waals surface area (Å²) in [6.45, 7) is 1.45. The first-order valence-corrected chi connectivity index (χ1v) is 4.73. The van der Waals surface area contributed by atoms with E-state index in [1.54, 1.807) is 6.07 Å². The number of carbonyl (C=O) groups excluding carboxylic acids is 2. The fourth-order valence-corrected chi connectivity index (χ4v) is 1.76. The minimum absolute atomic E-state index is 0.0866. The predicted molar refractivity (Wildman–Crippen MR) is 56.1 cm³/mol. The molecule has 0 saturated heterocycles. The van der Waals surface area contributed by atoms with Crippen LogP contribution in [0.2, 0.25) is 0 Å². The van der Waals surface area contributed by atoms with E-state index in [-0.39, 0.29) is 5.78 Å². The highest BCUT2D eigenvalue weighted by Gasteiger charge is 2.11. The molecule has 0 bridgehead atoms. The monoisotopic (exact) mass is 256 g/mol. The lowest BCUT2D eigenvalue weighted by Gasteiger charge is -2.07. The number of ketones is 1. The molecule has 0 aliphatic carbocycles. The second-order valence-corrected chi connectivity index (χ2v) is 3.61. The lowest BCUT2D eigenvalue weighted by atomic mass is 10.1. The number of hydrogen-bond donors (Lipinski definition) is 0. The van der Waals surface area contributed by atoms with Gasteiger partial charge < -0.3 is 4.74 Å². The number of halogens is 1. The summed E-state index contributed by atoms with van der Waals surface area (Å²) in [4.78, 5) is 21.8. The van der Waals surface area contributed by atoms with Crippen molar-refractivity contribution in [3.8, 4) is 5.75 Å². The van der Waals surface area contributed by atoms with Gasteiger partial charge in [-0.2, -0.15) is 0 Å². The first-order valence-electron chi connectivity index (χ1n) is 3.93. The van der Waals surface area contributed by atoms with Crippen LogP contribution in [-0.4, -0.2) is 19.2 Å². The summed E-state index contributed by atoms with van der Waals surface area (Å²) in [5, 5.41) is 0. The molecule has 0 aliphatic heterocycles. The molecule has 0 spiro atoms. The zero-order valence-electron chi connectivity index (χ0n) is 7.83. The van der Waals surface area contributed by atoms with Crippen molar-refractivity contribution in [2.75, 3.05) is 7.11 Å².